The van der Waals surface area contributed by atoms with E-state index in [1.54, 1.807) is 30.5 Å². The highest BCUT2D eigenvalue weighted by Crippen LogP contribution is 2.25. The summed E-state index contributed by atoms with van der Waals surface area (Å²) in [5.74, 6) is -0.368. The largest absolute Gasteiger partial charge is 0.463 e. The van der Waals surface area contributed by atoms with Crippen LogP contribution in [0.5, 0.6) is 0 Å². The molecule has 0 aliphatic heterocycles. The van der Waals surface area contributed by atoms with Gasteiger partial charge in [-0.2, -0.15) is 0 Å². The average molecular weight is 393 g/mol. The first-order valence-corrected chi connectivity index (χ1v) is 9.30. The van der Waals surface area contributed by atoms with Crippen LogP contribution in [0.1, 0.15) is 32.6 Å². The third-order valence-corrected chi connectivity index (χ3v) is 4.89. The van der Waals surface area contributed by atoms with Gasteiger partial charge in [-0.05, 0) is 42.2 Å². The van der Waals surface area contributed by atoms with E-state index < -0.39 is 11.8 Å². The summed E-state index contributed by atoms with van der Waals surface area (Å²) >= 11 is 0.986. The monoisotopic (exact) mass is 393 g/mol. The molecule has 0 aliphatic rings. The second-order valence-electron chi connectivity index (χ2n) is 5.86. The predicted molar refractivity (Wildman–Crippen MR) is 104 cm³/mol. The molecule has 0 saturated carbocycles. The average Bonchev–Trinajstić information content (AvgIpc) is 3.42. The molecular formula is C19H15N5O3S. The highest BCUT2D eigenvalue weighted by atomic mass is 32.1. The van der Waals surface area contributed by atoms with Gasteiger partial charge in [-0.25, -0.2) is 4.98 Å². The van der Waals surface area contributed by atoms with Crippen LogP contribution in [-0.2, 0) is 6.42 Å². The van der Waals surface area contributed by atoms with Crippen LogP contribution in [-0.4, -0.2) is 26.4 Å². The van der Waals surface area contributed by atoms with Crippen LogP contribution in [0.2, 0.25) is 0 Å². The topological polar surface area (TPSA) is 110 Å². The van der Waals surface area contributed by atoms with Crippen LogP contribution in [0.15, 0.2) is 53.1 Å². The Kier molecular flexibility index (Phi) is 4.81. The van der Waals surface area contributed by atoms with Crippen molar-refractivity contribution in [1.82, 2.24) is 25.4 Å². The van der Waals surface area contributed by atoms with Gasteiger partial charge in [0.2, 0.25) is 0 Å². The molecule has 4 aromatic rings. The Hall–Kier alpha value is -3.59. The van der Waals surface area contributed by atoms with Crippen molar-refractivity contribution in [2.45, 2.75) is 13.3 Å². The third-order valence-electron chi connectivity index (χ3n) is 4.12. The van der Waals surface area contributed by atoms with E-state index in [2.05, 4.69) is 25.4 Å². The van der Waals surface area contributed by atoms with Crippen molar-refractivity contribution in [2.24, 2.45) is 0 Å². The fraction of sp³-hybridized carbons (Fsp3) is 0.105. The lowest BCUT2D eigenvalue weighted by Gasteiger charge is -2.10. The molecule has 3 heterocycles. The number of benzene rings is 1. The number of aromatic nitrogens is 3. The van der Waals surface area contributed by atoms with E-state index in [9.17, 15) is 9.59 Å². The summed E-state index contributed by atoms with van der Waals surface area (Å²) in [5, 5.41) is 4.56. The number of para-hydroxylation sites is 1. The van der Waals surface area contributed by atoms with Gasteiger partial charge < -0.3 is 4.42 Å². The van der Waals surface area contributed by atoms with Crippen LogP contribution in [0.4, 0.5) is 0 Å². The molecule has 0 spiro atoms. The molecule has 28 heavy (non-hydrogen) atoms. The normalized spacial score (nSPS) is 10.8. The molecule has 4 rings (SSSR count). The van der Waals surface area contributed by atoms with Crippen molar-refractivity contribution >= 4 is 34.2 Å². The third kappa shape index (κ3) is 3.35. The molecule has 0 fully saturated rings. The van der Waals surface area contributed by atoms with E-state index >= 15 is 0 Å². The maximum absolute atomic E-state index is 12.8. The predicted octanol–water partition coefficient (Wildman–Crippen LogP) is 2.98. The molecule has 0 atom stereocenters. The van der Waals surface area contributed by atoms with Crippen LogP contribution in [0.25, 0.3) is 22.4 Å². The number of pyridine rings is 1. The summed E-state index contributed by atoms with van der Waals surface area (Å²) in [6.07, 6.45) is 2.12. The number of fused-ring (bicyclic) bond motifs is 1. The van der Waals surface area contributed by atoms with Gasteiger partial charge in [-0.15, -0.1) is 5.10 Å². The van der Waals surface area contributed by atoms with E-state index in [1.165, 1.54) is 0 Å². The van der Waals surface area contributed by atoms with E-state index in [4.69, 9.17) is 4.42 Å². The number of rotatable bonds is 4. The van der Waals surface area contributed by atoms with Crippen molar-refractivity contribution in [3.63, 3.8) is 0 Å². The molecule has 0 bridgehead atoms. The van der Waals surface area contributed by atoms with Gasteiger partial charge in [0.15, 0.2) is 5.76 Å². The lowest BCUT2D eigenvalue weighted by atomic mass is 10.1. The lowest BCUT2D eigenvalue weighted by Crippen LogP contribution is -2.41. The lowest BCUT2D eigenvalue weighted by molar-refractivity contribution is 0.0849. The number of aryl methyl sites for hydroxylation is 1. The standard InChI is InChI=1S/C19H15N5O3S/c1-2-13-17(28-24-21-13)19(26)23-22-18(25)12-10-15(16-8-5-9-27-16)20-14-7-4-3-6-11(12)14/h3-10H,2H2,1H3,(H,22,25)(H,23,26). The second-order valence-corrected chi connectivity index (χ2v) is 6.61. The molecule has 2 amide bonds. The Bertz CT molecular complexity index is 1150. The molecule has 3 aromatic heterocycles. The van der Waals surface area contributed by atoms with Crippen LogP contribution < -0.4 is 10.9 Å². The van der Waals surface area contributed by atoms with Crippen molar-refractivity contribution in [1.29, 1.82) is 0 Å². The zero-order valence-electron chi connectivity index (χ0n) is 14.8. The number of nitrogens with one attached hydrogen (secondary N) is 2. The highest BCUT2D eigenvalue weighted by molar-refractivity contribution is 7.08. The van der Waals surface area contributed by atoms with Gasteiger partial charge in [-0.3, -0.25) is 20.4 Å². The van der Waals surface area contributed by atoms with Crippen molar-refractivity contribution in [3.05, 3.63) is 64.9 Å². The number of nitrogens with zero attached hydrogens (tertiary/aromatic N) is 3. The summed E-state index contributed by atoms with van der Waals surface area (Å²) in [6, 6.07) is 12.4. The molecule has 2 N–H and O–H groups in total. The fourth-order valence-corrected chi connectivity index (χ4v) is 3.41. The maximum atomic E-state index is 12.8. The van der Waals surface area contributed by atoms with Crippen molar-refractivity contribution in [3.8, 4) is 11.5 Å². The quantitative estimate of drug-likeness (QED) is 0.516. The first-order chi connectivity index (χ1) is 13.7. The number of carbonyl (C=O) groups excluding carboxylic acids is 2. The Balaban J connectivity index is 1.62. The molecule has 0 aliphatic carbocycles. The van der Waals surface area contributed by atoms with Gasteiger partial charge in [0.1, 0.15) is 10.6 Å². The number of hydrazine groups is 1. The fourth-order valence-electron chi connectivity index (χ4n) is 2.76. The van der Waals surface area contributed by atoms with Gasteiger partial charge in [0, 0.05) is 5.39 Å². The summed E-state index contributed by atoms with van der Waals surface area (Å²) in [4.78, 5) is 30.0. The zero-order valence-corrected chi connectivity index (χ0v) is 15.6. The van der Waals surface area contributed by atoms with E-state index in [0.29, 0.717) is 44.9 Å². The minimum atomic E-state index is -0.463. The van der Waals surface area contributed by atoms with Crippen LogP contribution >= 0.6 is 11.5 Å². The molecule has 9 heteroatoms. The number of hydrogen-bond acceptors (Lipinski definition) is 7. The highest BCUT2D eigenvalue weighted by Gasteiger charge is 2.18. The van der Waals surface area contributed by atoms with E-state index in [-0.39, 0.29) is 0 Å². The minimum Gasteiger partial charge on any atom is -0.463 e. The summed E-state index contributed by atoms with van der Waals surface area (Å²) in [5.41, 5.74) is 7.02. The maximum Gasteiger partial charge on any atom is 0.283 e. The minimum absolute atomic E-state index is 0.371. The Morgan fingerprint density at radius 3 is 2.71 bits per heavy atom. The Morgan fingerprint density at radius 1 is 1.11 bits per heavy atom. The first-order valence-electron chi connectivity index (χ1n) is 8.53. The Labute approximate surface area is 163 Å². The molecular weight excluding hydrogens is 378 g/mol. The van der Waals surface area contributed by atoms with Gasteiger partial charge in [0.25, 0.3) is 11.8 Å². The number of furan rings is 1. The summed E-state index contributed by atoms with van der Waals surface area (Å²) in [7, 11) is 0. The van der Waals surface area contributed by atoms with Gasteiger partial charge >= 0.3 is 0 Å². The molecule has 1 aromatic carbocycles. The molecule has 8 nitrogen and oxygen atoms in total. The molecule has 0 saturated heterocycles. The van der Waals surface area contributed by atoms with Crippen LogP contribution in [0, 0.1) is 0 Å². The SMILES string of the molecule is CCc1nnsc1C(=O)NNC(=O)c1cc(-c2ccco2)nc2ccccc12. The second kappa shape index (κ2) is 7.57. The number of hydrogen-bond donors (Lipinski definition) is 2. The van der Waals surface area contributed by atoms with Gasteiger partial charge in [0.05, 0.1) is 23.0 Å². The van der Waals surface area contributed by atoms with E-state index in [0.717, 1.165) is 11.5 Å². The zero-order chi connectivity index (χ0) is 19.5. The van der Waals surface area contributed by atoms with Crippen LogP contribution in [0.3, 0.4) is 0 Å². The number of amides is 2. The Morgan fingerprint density at radius 2 is 1.93 bits per heavy atom. The summed E-state index contributed by atoms with van der Waals surface area (Å²) in [6.45, 7) is 1.88. The van der Waals surface area contributed by atoms with Crippen molar-refractivity contribution < 1.29 is 14.0 Å². The van der Waals surface area contributed by atoms with Crippen molar-refractivity contribution in [2.75, 3.05) is 0 Å². The van der Waals surface area contributed by atoms with Gasteiger partial charge in [-0.1, -0.05) is 29.6 Å². The van der Waals surface area contributed by atoms with E-state index in [1.807, 2.05) is 25.1 Å². The molecule has 0 unspecified atom stereocenters. The smallest absolute Gasteiger partial charge is 0.283 e. The first kappa shape index (κ1) is 17.8. The summed E-state index contributed by atoms with van der Waals surface area (Å²) < 4.78 is 9.18. The molecule has 0 radical (unpaired) electrons. The molecule has 140 valence electrons. The number of carbonyl (C=O) groups is 2.